The van der Waals surface area contributed by atoms with E-state index in [1.165, 1.54) is 12.8 Å². The Morgan fingerprint density at radius 2 is 2.04 bits per heavy atom. The number of hydrogen-bond acceptors (Lipinski definition) is 4. The maximum Gasteiger partial charge on any atom is 0.310 e. The van der Waals surface area contributed by atoms with E-state index in [0.717, 1.165) is 31.4 Å². The van der Waals surface area contributed by atoms with Gasteiger partial charge in [-0.15, -0.1) is 0 Å². The summed E-state index contributed by atoms with van der Waals surface area (Å²) in [6, 6.07) is 14.0. The van der Waals surface area contributed by atoms with Crippen LogP contribution in [0.2, 0.25) is 0 Å². The molecule has 1 saturated carbocycles. The molecule has 0 N–H and O–H groups in total. The van der Waals surface area contributed by atoms with Gasteiger partial charge in [-0.3, -0.25) is 4.79 Å². The summed E-state index contributed by atoms with van der Waals surface area (Å²) in [4.78, 5) is 11.8. The Labute approximate surface area is 172 Å². The van der Waals surface area contributed by atoms with Crippen molar-refractivity contribution in [2.24, 2.45) is 0 Å². The first-order valence-electron chi connectivity index (χ1n) is 9.22. The Kier molecular flexibility index (Phi) is 5.38. The zero-order chi connectivity index (χ0) is 18.8. The molecule has 0 aliphatic heterocycles. The molecule has 1 aliphatic rings. The molecule has 0 radical (unpaired) electrons. The second-order valence-electron chi connectivity index (χ2n) is 6.80. The highest BCUT2D eigenvalue weighted by Gasteiger charge is 2.27. The fourth-order valence-electron chi connectivity index (χ4n) is 3.16. The van der Waals surface area contributed by atoms with Crippen LogP contribution in [-0.2, 0) is 22.6 Å². The number of rotatable bonds is 7. The molecule has 1 fully saturated rings. The number of halogens is 1. The average molecular weight is 476 g/mol. The summed E-state index contributed by atoms with van der Waals surface area (Å²) in [5.74, 6) is 2.17. The van der Waals surface area contributed by atoms with Gasteiger partial charge in [0.1, 0.15) is 23.7 Å². The highest BCUT2D eigenvalue weighted by molar-refractivity contribution is 14.1. The molecule has 4 rings (SSSR count). The number of para-hydroxylation sites is 1. The summed E-state index contributed by atoms with van der Waals surface area (Å²) < 4.78 is 18.2. The van der Waals surface area contributed by atoms with Crippen LogP contribution in [0.5, 0.6) is 5.75 Å². The van der Waals surface area contributed by atoms with Crippen LogP contribution in [-0.4, -0.2) is 12.6 Å². The topological polar surface area (TPSA) is 48.7 Å². The maximum absolute atomic E-state index is 11.8. The van der Waals surface area contributed by atoms with Gasteiger partial charge in [0.2, 0.25) is 0 Å². The number of furan rings is 1. The number of hydrogen-bond donors (Lipinski definition) is 0. The predicted octanol–water partition coefficient (Wildman–Crippen LogP) is 5.60. The molecule has 0 saturated heterocycles. The normalized spacial score (nSPS) is 13.7. The van der Waals surface area contributed by atoms with E-state index in [9.17, 15) is 4.79 Å². The van der Waals surface area contributed by atoms with Crippen molar-refractivity contribution < 1.29 is 18.7 Å². The van der Waals surface area contributed by atoms with Gasteiger partial charge < -0.3 is 13.9 Å². The molecule has 0 spiro atoms. The zero-order valence-electron chi connectivity index (χ0n) is 15.2. The highest BCUT2D eigenvalue weighted by atomic mass is 127. The molecule has 1 aromatic heterocycles. The van der Waals surface area contributed by atoms with Crippen molar-refractivity contribution in [3.05, 3.63) is 62.9 Å². The van der Waals surface area contributed by atoms with Crippen molar-refractivity contribution in [2.45, 2.75) is 38.7 Å². The van der Waals surface area contributed by atoms with Crippen molar-refractivity contribution in [3.63, 3.8) is 0 Å². The number of benzene rings is 2. The van der Waals surface area contributed by atoms with Crippen molar-refractivity contribution in [2.75, 3.05) is 6.61 Å². The highest BCUT2D eigenvalue weighted by Crippen LogP contribution is 2.43. The van der Waals surface area contributed by atoms with Gasteiger partial charge >= 0.3 is 5.97 Å². The lowest BCUT2D eigenvalue weighted by Gasteiger charge is -2.11. The Morgan fingerprint density at radius 3 is 2.81 bits per heavy atom. The van der Waals surface area contributed by atoms with Gasteiger partial charge in [-0.1, -0.05) is 18.2 Å². The van der Waals surface area contributed by atoms with Gasteiger partial charge in [0.15, 0.2) is 0 Å². The molecule has 1 heterocycles. The fraction of sp³-hybridized carbons (Fsp3) is 0.318. The van der Waals surface area contributed by atoms with Gasteiger partial charge in [0.05, 0.1) is 16.6 Å². The van der Waals surface area contributed by atoms with E-state index in [4.69, 9.17) is 13.9 Å². The van der Waals surface area contributed by atoms with E-state index in [2.05, 4.69) is 40.8 Å². The fourth-order valence-corrected chi connectivity index (χ4v) is 3.98. The Hall–Kier alpha value is -2.02. The molecule has 4 nitrogen and oxygen atoms in total. The quantitative estimate of drug-likeness (QED) is 0.329. The first-order valence-corrected chi connectivity index (χ1v) is 10.3. The van der Waals surface area contributed by atoms with Crippen LogP contribution in [0, 0.1) is 3.57 Å². The number of ether oxygens (including phenoxy) is 2. The van der Waals surface area contributed by atoms with Crippen LogP contribution in [0.1, 0.15) is 42.6 Å². The zero-order valence-corrected chi connectivity index (χ0v) is 17.3. The lowest BCUT2D eigenvalue weighted by atomic mass is 10.1. The third-order valence-electron chi connectivity index (χ3n) is 4.64. The molecule has 5 heteroatoms. The standard InChI is InChI=1S/C22H21IO4/c1-2-25-21(24)12-16-5-3-4-6-19(16)26-13-14-9-17-11-20(15-7-8-15)27-22(17)18(23)10-14/h3-6,9-11,15H,2,7-8,12-13H2,1H3. The Balaban J connectivity index is 1.51. The molecular formula is C22H21IO4. The summed E-state index contributed by atoms with van der Waals surface area (Å²) in [5.41, 5.74) is 2.89. The number of carbonyl (C=O) groups is 1. The van der Waals surface area contributed by atoms with Gasteiger partial charge in [-0.05, 0) is 72.2 Å². The smallest absolute Gasteiger partial charge is 0.310 e. The molecule has 2 aromatic carbocycles. The third-order valence-corrected chi connectivity index (χ3v) is 5.44. The first-order chi connectivity index (χ1) is 13.1. The minimum Gasteiger partial charge on any atom is -0.489 e. The number of fused-ring (bicyclic) bond motifs is 1. The Morgan fingerprint density at radius 1 is 1.22 bits per heavy atom. The molecule has 3 aromatic rings. The lowest BCUT2D eigenvalue weighted by molar-refractivity contribution is -0.142. The van der Waals surface area contributed by atoms with Gasteiger partial charge in [0.25, 0.3) is 0 Å². The van der Waals surface area contributed by atoms with Crippen LogP contribution >= 0.6 is 22.6 Å². The van der Waals surface area contributed by atoms with E-state index in [-0.39, 0.29) is 12.4 Å². The van der Waals surface area contributed by atoms with Crippen molar-refractivity contribution in [1.29, 1.82) is 0 Å². The summed E-state index contributed by atoms with van der Waals surface area (Å²) in [6.07, 6.45) is 2.67. The second-order valence-corrected chi connectivity index (χ2v) is 7.96. The summed E-state index contributed by atoms with van der Waals surface area (Å²) >= 11 is 2.32. The predicted molar refractivity (Wildman–Crippen MR) is 112 cm³/mol. The molecule has 27 heavy (non-hydrogen) atoms. The largest absolute Gasteiger partial charge is 0.489 e. The summed E-state index contributed by atoms with van der Waals surface area (Å²) in [5, 5.41) is 1.13. The van der Waals surface area contributed by atoms with Crippen molar-refractivity contribution >= 4 is 39.5 Å². The van der Waals surface area contributed by atoms with Gasteiger partial charge in [-0.25, -0.2) is 0 Å². The van der Waals surface area contributed by atoms with E-state index in [1.807, 2.05) is 31.2 Å². The van der Waals surface area contributed by atoms with Crippen LogP contribution in [0.25, 0.3) is 11.0 Å². The van der Waals surface area contributed by atoms with Crippen LogP contribution in [0.4, 0.5) is 0 Å². The lowest BCUT2D eigenvalue weighted by Crippen LogP contribution is -2.09. The van der Waals surface area contributed by atoms with E-state index in [1.54, 1.807) is 0 Å². The van der Waals surface area contributed by atoms with Crippen LogP contribution in [0.15, 0.2) is 46.9 Å². The van der Waals surface area contributed by atoms with E-state index >= 15 is 0 Å². The molecule has 0 unspecified atom stereocenters. The Bertz CT molecular complexity index is 972. The van der Waals surface area contributed by atoms with E-state index in [0.29, 0.717) is 24.9 Å². The molecule has 140 valence electrons. The average Bonchev–Trinajstić information content (AvgIpc) is 3.41. The molecule has 0 atom stereocenters. The van der Waals surface area contributed by atoms with Crippen LogP contribution < -0.4 is 4.74 Å². The molecule has 1 aliphatic carbocycles. The monoisotopic (exact) mass is 476 g/mol. The number of carbonyl (C=O) groups excluding carboxylic acids is 1. The SMILES string of the molecule is CCOC(=O)Cc1ccccc1OCc1cc(I)c2oc(C3CC3)cc2c1. The van der Waals surface area contributed by atoms with Crippen molar-refractivity contribution in [3.8, 4) is 5.75 Å². The van der Waals surface area contributed by atoms with Crippen LogP contribution in [0.3, 0.4) is 0 Å². The third kappa shape index (κ3) is 4.29. The maximum atomic E-state index is 11.8. The van der Waals surface area contributed by atoms with Gasteiger partial charge in [0, 0.05) is 16.9 Å². The van der Waals surface area contributed by atoms with E-state index < -0.39 is 0 Å². The molecular weight excluding hydrogens is 455 g/mol. The summed E-state index contributed by atoms with van der Waals surface area (Å²) in [6.45, 7) is 2.63. The number of esters is 1. The first kappa shape index (κ1) is 18.3. The molecule has 0 amide bonds. The minimum atomic E-state index is -0.240. The van der Waals surface area contributed by atoms with Gasteiger partial charge in [-0.2, -0.15) is 0 Å². The second kappa shape index (κ2) is 7.92. The molecule has 0 bridgehead atoms. The summed E-state index contributed by atoms with van der Waals surface area (Å²) in [7, 11) is 0. The minimum absolute atomic E-state index is 0.215. The van der Waals surface area contributed by atoms with Crippen molar-refractivity contribution in [1.82, 2.24) is 0 Å².